The highest BCUT2D eigenvalue weighted by atomic mass is 16.2. The third kappa shape index (κ3) is 3.94. The average Bonchev–Trinajstić information content (AvgIpc) is 3.47. The minimum Gasteiger partial charge on any atom is -0.342 e. The zero-order valence-corrected chi connectivity index (χ0v) is 17.4. The zero-order valence-electron chi connectivity index (χ0n) is 17.4. The van der Waals surface area contributed by atoms with E-state index < -0.39 is 0 Å². The van der Waals surface area contributed by atoms with Crippen LogP contribution in [0.2, 0.25) is 0 Å². The number of carbonyl (C=O) groups is 2. The molecule has 4 fully saturated rings. The number of carbonyl (C=O) groups excluding carboxylic acids is 2. The number of rotatable bonds is 4. The van der Waals surface area contributed by atoms with Crippen molar-refractivity contribution in [1.82, 2.24) is 14.7 Å². The molecule has 4 aliphatic rings. The van der Waals surface area contributed by atoms with E-state index in [0.717, 1.165) is 70.4 Å². The Morgan fingerprint density at radius 3 is 2.34 bits per heavy atom. The average molecular weight is 396 g/mol. The number of amides is 2. The molecule has 1 saturated carbocycles. The fraction of sp³-hybridized carbons (Fsp3) is 0.667. The van der Waals surface area contributed by atoms with E-state index in [1.54, 1.807) is 0 Å². The summed E-state index contributed by atoms with van der Waals surface area (Å²) in [5.74, 6) is 0.613. The van der Waals surface area contributed by atoms with Crippen molar-refractivity contribution in [2.75, 3.05) is 39.3 Å². The summed E-state index contributed by atoms with van der Waals surface area (Å²) in [6.45, 7) is 5.32. The van der Waals surface area contributed by atoms with Gasteiger partial charge in [-0.25, -0.2) is 0 Å². The molecule has 1 aliphatic carbocycles. The topological polar surface area (TPSA) is 43.9 Å². The summed E-state index contributed by atoms with van der Waals surface area (Å²) in [6, 6.07) is 10.8. The molecule has 1 spiro atoms. The lowest BCUT2D eigenvalue weighted by molar-refractivity contribution is -0.145. The van der Waals surface area contributed by atoms with Gasteiger partial charge in [-0.1, -0.05) is 30.3 Å². The van der Waals surface area contributed by atoms with Crippen molar-refractivity contribution >= 4 is 11.8 Å². The van der Waals surface area contributed by atoms with Crippen LogP contribution < -0.4 is 0 Å². The molecule has 3 saturated heterocycles. The Morgan fingerprint density at radius 1 is 1.00 bits per heavy atom. The Hall–Kier alpha value is -1.88. The van der Waals surface area contributed by atoms with Gasteiger partial charge in [0.25, 0.3) is 0 Å². The van der Waals surface area contributed by atoms with Crippen LogP contribution in [0.1, 0.15) is 56.4 Å². The normalized spacial score (nSPS) is 27.6. The Morgan fingerprint density at radius 2 is 1.69 bits per heavy atom. The lowest BCUT2D eigenvalue weighted by atomic mass is 9.67. The molecule has 0 bridgehead atoms. The molecular formula is C24H33N3O2. The van der Waals surface area contributed by atoms with Crippen LogP contribution >= 0.6 is 0 Å². The van der Waals surface area contributed by atoms with E-state index in [1.807, 2.05) is 18.2 Å². The quantitative estimate of drug-likeness (QED) is 0.787. The second-order valence-corrected chi connectivity index (χ2v) is 9.73. The van der Waals surface area contributed by atoms with E-state index in [1.165, 1.54) is 12.8 Å². The predicted molar refractivity (Wildman–Crippen MR) is 112 cm³/mol. The number of piperidine rings is 2. The highest BCUT2D eigenvalue weighted by Gasteiger charge is 2.49. The van der Waals surface area contributed by atoms with Gasteiger partial charge in [-0.15, -0.1) is 0 Å². The highest BCUT2D eigenvalue weighted by molar-refractivity contribution is 5.85. The van der Waals surface area contributed by atoms with Crippen molar-refractivity contribution in [2.24, 2.45) is 5.41 Å². The van der Waals surface area contributed by atoms with Crippen LogP contribution in [0.15, 0.2) is 30.3 Å². The highest BCUT2D eigenvalue weighted by Crippen LogP contribution is 2.48. The SMILES string of the molecule is O=C(CN1CCCC1)N1CCC2(CC1)C[C@@H](c1ccccc1)C(=O)N(C1CC1)C2. The third-order valence-electron chi connectivity index (χ3n) is 7.65. The smallest absolute Gasteiger partial charge is 0.236 e. The molecule has 3 aliphatic heterocycles. The molecule has 1 aromatic carbocycles. The van der Waals surface area contributed by atoms with Gasteiger partial charge in [-0.05, 0) is 69.0 Å². The maximum absolute atomic E-state index is 13.3. The summed E-state index contributed by atoms with van der Waals surface area (Å²) >= 11 is 0. The van der Waals surface area contributed by atoms with Gasteiger partial charge >= 0.3 is 0 Å². The minimum absolute atomic E-state index is 0.0163. The Labute approximate surface area is 174 Å². The van der Waals surface area contributed by atoms with Crippen molar-refractivity contribution in [3.8, 4) is 0 Å². The summed E-state index contributed by atoms with van der Waals surface area (Å²) in [5, 5.41) is 0. The molecule has 2 amide bonds. The second kappa shape index (κ2) is 7.75. The third-order valence-corrected chi connectivity index (χ3v) is 7.65. The fourth-order valence-electron chi connectivity index (χ4n) is 5.69. The van der Waals surface area contributed by atoms with Gasteiger partial charge in [0.2, 0.25) is 11.8 Å². The molecule has 156 valence electrons. The predicted octanol–water partition coefficient (Wildman–Crippen LogP) is 2.87. The van der Waals surface area contributed by atoms with E-state index in [0.29, 0.717) is 24.4 Å². The first-order chi connectivity index (χ1) is 14.1. The molecule has 0 N–H and O–H groups in total. The number of hydrogen-bond acceptors (Lipinski definition) is 3. The van der Waals surface area contributed by atoms with E-state index in [2.05, 4.69) is 26.8 Å². The second-order valence-electron chi connectivity index (χ2n) is 9.73. The molecular weight excluding hydrogens is 362 g/mol. The molecule has 3 heterocycles. The lowest BCUT2D eigenvalue weighted by Crippen LogP contribution is -2.55. The fourth-order valence-corrected chi connectivity index (χ4v) is 5.69. The van der Waals surface area contributed by atoms with E-state index in [-0.39, 0.29) is 11.3 Å². The maximum atomic E-state index is 13.3. The number of nitrogens with zero attached hydrogens (tertiary/aromatic N) is 3. The largest absolute Gasteiger partial charge is 0.342 e. The van der Waals surface area contributed by atoms with Crippen molar-refractivity contribution in [1.29, 1.82) is 0 Å². The molecule has 5 nitrogen and oxygen atoms in total. The monoisotopic (exact) mass is 395 g/mol. The first kappa shape index (κ1) is 19.1. The molecule has 5 rings (SSSR count). The van der Waals surface area contributed by atoms with E-state index in [4.69, 9.17) is 0 Å². The number of hydrogen-bond donors (Lipinski definition) is 0. The van der Waals surface area contributed by atoms with Crippen LogP contribution in [0.4, 0.5) is 0 Å². The number of benzene rings is 1. The van der Waals surface area contributed by atoms with Crippen LogP contribution in [-0.2, 0) is 9.59 Å². The summed E-state index contributed by atoms with van der Waals surface area (Å²) in [7, 11) is 0. The van der Waals surface area contributed by atoms with Crippen LogP contribution in [0.25, 0.3) is 0 Å². The molecule has 0 radical (unpaired) electrons. The summed E-state index contributed by atoms with van der Waals surface area (Å²) in [5.41, 5.74) is 1.33. The van der Waals surface area contributed by atoms with Gasteiger partial charge in [0.05, 0.1) is 12.5 Å². The van der Waals surface area contributed by atoms with Gasteiger partial charge in [0.1, 0.15) is 0 Å². The molecule has 0 unspecified atom stereocenters. The molecule has 29 heavy (non-hydrogen) atoms. The number of likely N-dealkylation sites (tertiary alicyclic amines) is 3. The molecule has 1 aromatic rings. The van der Waals surface area contributed by atoms with Crippen LogP contribution in [0.3, 0.4) is 0 Å². The van der Waals surface area contributed by atoms with Gasteiger partial charge in [-0.2, -0.15) is 0 Å². The van der Waals surface area contributed by atoms with Crippen molar-refractivity contribution in [3.63, 3.8) is 0 Å². The van der Waals surface area contributed by atoms with Crippen LogP contribution in [-0.4, -0.2) is 71.8 Å². The van der Waals surface area contributed by atoms with Gasteiger partial charge in [0, 0.05) is 25.7 Å². The van der Waals surface area contributed by atoms with Crippen LogP contribution in [0, 0.1) is 5.41 Å². The molecule has 0 aromatic heterocycles. The summed E-state index contributed by atoms with van der Waals surface area (Å²) in [6.07, 6.45) is 7.75. The van der Waals surface area contributed by atoms with E-state index >= 15 is 0 Å². The van der Waals surface area contributed by atoms with Crippen molar-refractivity contribution < 1.29 is 9.59 Å². The Balaban J connectivity index is 1.28. The standard InChI is InChI=1S/C24H33N3O2/c28-22(17-25-12-4-5-13-25)26-14-10-24(11-15-26)16-21(19-6-2-1-3-7-19)23(29)27(18-24)20-8-9-20/h1-3,6-7,20-21H,4-5,8-18H2/t21-/m0/s1. The first-order valence-corrected chi connectivity index (χ1v) is 11.5. The minimum atomic E-state index is -0.0163. The van der Waals surface area contributed by atoms with Crippen molar-refractivity contribution in [2.45, 2.75) is 56.9 Å². The lowest BCUT2D eigenvalue weighted by Gasteiger charge is -2.50. The Bertz CT molecular complexity index is 747. The maximum Gasteiger partial charge on any atom is 0.236 e. The van der Waals surface area contributed by atoms with Gasteiger partial charge in [0.15, 0.2) is 0 Å². The van der Waals surface area contributed by atoms with Gasteiger partial charge in [-0.3, -0.25) is 14.5 Å². The molecule has 5 heteroatoms. The Kier molecular flexibility index (Phi) is 5.10. The van der Waals surface area contributed by atoms with Crippen molar-refractivity contribution in [3.05, 3.63) is 35.9 Å². The van der Waals surface area contributed by atoms with Crippen LogP contribution in [0.5, 0.6) is 0 Å². The van der Waals surface area contributed by atoms with E-state index in [9.17, 15) is 9.59 Å². The first-order valence-electron chi connectivity index (χ1n) is 11.5. The zero-order chi connectivity index (χ0) is 19.8. The summed E-state index contributed by atoms with van der Waals surface area (Å²) in [4.78, 5) is 32.6. The summed E-state index contributed by atoms with van der Waals surface area (Å²) < 4.78 is 0. The van der Waals surface area contributed by atoms with Gasteiger partial charge < -0.3 is 9.80 Å². The molecule has 1 atom stereocenters.